The van der Waals surface area contributed by atoms with Crippen molar-refractivity contribution in [2.24, 2.45) is 0 Å². The average molecular weight is 328 g/mol. The van der Waals surface area contributed by atoms with Gasteiger partial charge in [-0.05, 0) is 24.0 Å². The van der Waals surface area contributed by atoms with E-state index in [1.807, 2.05) is 9.80 Å². The summed E-state index contributed by atoms with van der Waals surface area (Å²) in [5, 5.41) is 7.89. The summed E-state index contributed by atoms with van der Waals surface area (Å²) in [5.41, 5.74) is 2.55. The molecule has 3 rings (SSSR count). The zero-order valence-corrected chi connectivity index (χ0v) is 14.4. The molecule has 0 bridgehead atoms. The number of rotatable bonds is 5. The van der Waals surface area contributed by atoms with E-state index in [0.29, 0.717) is 31.4 Å². The van der Waals surface area contributed by atoms with Crippen LogP contribution in [0.15, 0.2) is 28.7 Å². The summed E-state index contributed by atoms with van der Waals surface area (Å²) < 4.78 is 5.44. The van der Waals surface area contributed by atoms with Crippen LogP contribution in [0, 0.1) is 6.92 Å². The summed E-state index contributed by atoms with van der Waals surface area (Å²) >= 11 is 0. The third-order valence-corrected chi connectivity index (χ3v) is 4.48. The maximum absolute atomic E-state index is 12.4. The number of piperazine rings is 1. The van der Waals surface area contributed by atoms with E-state index >= 15 is 0 Å². The van der Waals surface area contributed by atoms with Crippen LogP contribution in [-0.2, 0) is 17.6 Å². The van der Waals surface area contributed by atoms with Gasteiger partial charge in [-0.15, -0.1) is 5.10 Å². The first-order valence-corrected chi connectivity index (χ1v) is 8.56. The second-order valence-electron chi connectivity index (χ2n) is 6.14. The molecule has 0 unspecified atom stereocenters. The molecule has 1 aliphatic heterocycles. The Hall–Kier alpha value is -2.37. The molecule has 1 amide bonds. The molecule has 0 aliphatic carbocycles. The molecule has 1 saturated heterocycles. The van der Waals surface area contributed by atoms with Crippen LogP contribution >= 0.6 is 0 Å². The first-order valence-electron chi connectivity index (χ1n) is 8.56. The average Bonchev–Trinajstić information content (AvgIpc) is 3.06. The molecule has 2 aromatic rings. The molecular weight excluding hydrogens is 304 g/mol. The van der Waals surface area contributed by atoms with Crippen LogP contribution in [0.3, 0.4) is 0 Å². The topological polar surface area (TPSA) is 62.5 Å². The van der Waals surface area contributed by atoms with Crippen molar-refractivity contribution in [3.05, 3.63) is 41.3 Å². The minimum atomic E-state index is 0.218. The van der Waals surface area contributed by atoms with Crippen molar-refractivity contribution in [2.45, 2.75) is 33.1 Å². The van der Waals surface area contributed by atoms with Crippen molar-refractivity contribution in [2.75, 3.05) is 31.1 Å². The molecule has 128 valence electrons. The van der Waals surface area contributed by atoms with Gasteiger partial charge in [0.15, 0.2) is 0 Å². The zero-order valence-electron chi connectivity index (χ0n) is 14.4. The van der Waals surface area contributed by atoms with Crippen LogP contribution in [0.1, 0.15) is 30.4 Å². The number of benzene rings is 1. The van der Waals surface area contributed by atoms with Gasteiger partial charge in [0, 0.05) is 39.5 Å². The van der Waals surface area contributed by atoms with Crippen LogP contribution in [0.2, 0.25) is 0 Å². The third-order valence-electron chi connectivity index (χ3n) is 4.48. The lowest BCUT2D eigenvalue weighted by Crippen LogP contribution is -2.49. The molecule has 6 heteroatoms. The van der Waals surface area contributed by atoms with E-state index < -0.39 is 0 Å². The molecular formula is C18H24N4O2. The van der Waals surface area contributed by atoms with Gasteiger partial charge in [0.25, 0.3) is 0 Å². The smallest absolute Gasteiger partial charge is 0.318 e. The fourth-order valence-electron chi connectivity index (χ4n) is 2.91. The zero-order chi connectivity index (χ0) is 16.9. The first kappa shape index (κ1) is 16.5. The molecule has 24 heavy (non-hydrogen) atoms. The van der Waals surface area contributed by atoms with Crippen LogP contribution < -0.4 is 4.90 Å². The number of amides is 1. The fraction of sp³-hybridized carbons (Fsp3) is 0.500. The Morgan fingerprint density at radius 3 is 2.33 bits per heavy atom. The van der Waals surface area contributed by atoms with Gasteiger partial charge in [0.2, 0.25) is 11.8 Å². The lowest BCUT2D eigenvalue weighted by Gasteiger charge is -2.33. The summed E-state index contributed by atoms with van der Waals surface area (Å²) in [6, 6.07) is 9.09. The second-order valence-corrected chi connectivity index (χ2v) is 6.14. The number of aromatic nitrogens is 2. The molecule has 0 spiro atoms. The summed E-state index contributed by atoms with van der Waals surface area (Å²) in [5.74, 6) is 0.786. The molecule has 6 nitrogen and oxygen atoms in total. The van der Waals surface area contributed by atoms with Gasteiger partial charge in [0.05, 0.1) is 0 Å². The van der Waals surface area contributed by atoms with Gasteiger partial charge in [-0.3, -0.25) is 4.79 Å². The molecule has 0 radical (unpaired) electrons. The quantitative estimate of drug-likeness (QED) is 0.842. The predicted molar refractivity (Wildman–Crippen MR) is 92.0 cm³/mol. The van der Waals surface area contributed by atoms with Crippen molar-refractivity contribution in [3.8, 4) is 0 Å². The van der Waals surface area contributed by atoms with Gasteiger partial charge in [-0.25, -0.2) is 0 Å². The first-order chi connectivity index (χ1) is 11.7. The molecule has 1 aliphatic rings. The lowest BCUT2D eigenvalue weighted by atomic mass is 10.1. The summed E-state index contributed by atoms with van der Waals surface area (Å²) in [6.45, 7) is 6.80. The number of hydrogen-bond donors (Lipinski definition) is 0. The van der Waals surface area contributed by atoms with Gasteiger partial charge in [-0.2, -0.15) is 0 Å². The Morgan fingerprint density at radius 1 is 1.08 bits per heavy atom. The van der Waals surface area contributed by atoms with E-state index in [9.17, 15) is 4.79 Å². The number of carbonyl (C=O) groups is 1. The number of nitrogens with zero attached hydrogens (tertiary/aromatic N) is 4. The highest BCUT2D eigenvalue weighted by atomic mass is 16.4. The molecule has 0 N–H and O–H groups in total. The maximum Gasteiger partial charge on any atom is 0.318 e. The Balaban J connectivity index is 1.46. The normalized spacial score (nSPS) is 14.9. The molecule has 2 heterocycles. The van der Waals surface area contributed by atoms with Crippen LogP contribution in [0.25, 0.3) is 0 Å². The highest BCUT2D eigenvalue weighted by Gasteiger charge is 2.23. The van der Waals surface area contributed by atoms with Gasteiger partial charge in [-0.1, -0.05) is 36.3 Å². The minimum absolute atomic E-state index is 0.218. The molecule has 1 fully saturated rings. The van der Waals surface area contributed by atoms with Gasteiger partial charge >= 0.3 is 6.01 Å². The van der Waals surface area contributed by atoms with Crippen molar-refractivity contribution in [1.29, 1.82) is 0 Å². The lowest BCUT2D eigenvalue weighted by molar-refractivity contribution is -0.131. The summed E-state index contributed by atoms with van der Waals surface area (Å²) in [6.07, 6.45) is 2.40. The highest BCUT2D eigenvalue weighted by molar-refractivity contribution is 5.76. The highest BCUT2D eigenvalue weighted by Crippen LogP contribution is 2.15. The van der Waals surface area contributed by atoms with Crippen molar-refractivity contribution < 1.29 is 9.21 Å². The number of hydrogen-bond acceptors (Lipinski definition) is 5. The van der Waals surface area contributed by atoms with E-state index in [2.05, 4.69) is 41.4 Å². The Morgan fingerprint density at radius 2 is 1.75 bits per heavy atom. The monoisotopic (exact) mass is 328 g/mol. The van der Waals surface area contributed by atoms with E-state index in [-0.39, 0.29) is 5.91 Å². The van der Waals surface area contributed by atoms with E-state index in [1.54, 1.807) is 6.92 Å². The third kappa shape index (κ3) is 3.93. The van der Waals surface area contributed by atoms with Gasteiger partial charge < -0.3 is 14.2 Å². The molecule has 1 aromatic carbocycles. The number of anilines is 1. The number of aryl methyl sites for hydroxylation is 3. The van der Waals surface area contributed by atoms with Crippen LogP contribution in [0.4, 0.5) is 6.01 Å². The predicted octanol–water partition coefficient (Wildman–Crippen LogP) is 2.22. The Labute approximate surface area is 142 Å². The summed E-state index contributed by atoms with van der Waals surface area (Å²) in [4.78, 5) is 16.4. The Bertz CT molecular complexity index is 673. The SMILES string of the molecule is CCc1ccc(CCC(=O)N2CCN(c3nnc(C)o3)CC2)cc1. The fourth-order valence-corrected chi connectivity index (χ4v) is 2.91. The molecule has 1 aromatic heterocycles. The van der Waals surface area contributed by atoms with Crippen LogP contribution in [0.5, 0.6) is 0 Å². The van der Waals surface area contributed by atoms with Crippen LogP contribution in [-0.4, -0.2) is 47.2 Å². The van der Waals surface area contributed by atoms with Crippen molar-refractivity contribution in [3.63, 3.8) is 0 Å². The maximum atomic E-state index is 12.4. The summed E-state index contributed by atoms with van der Waals surface area (Å²) in [7, 11) is 0. The Kier molecular flexibility index (Phi) is 5.13. The minimum Gasteiger partial charge on any atom is -0.408 e. The standard InChI is InChI=1S/C18H24N4O2/c1-3-15-4-6-16(7-5-15)8-9-17(23)21-10-12-22(13-11-21)18-20-19-14(2)24-18/h4-7H,3,8-13H2,1-2H3. The van der Waals surface area contributed by atoms with Crippen molar-refractivity contribution >= 4 is 11.9 Å². The molecule has 0 saturated carbocycles. The van der Waals surface area contributed by atoms with E-state index in [1.165, 1.54) is 11.1 Å². The molecule has 0 atom stereocenters. The van der Waals surface area contributed by atoms with Gasteiger partial charge in [0.1, 0.15) is 0 Å². The largest absolute Gasteiger partial charge is 0.408 e. The van der Waals surface area contributed by atoms with Crippen molar-refractivity contribution in [1.82, 2.24) is 15.1 Å². The number of carbonyl (C=O) groups excluding carboxylic acids is 1. The van der Waals surface area contributed by atoms with E-state index in [4.69, 9.17) is 4.42 Å². The van der Waals surface area contributed by atoms with E-state index in [0.717, 1.165) is 25.9 Å². The second kappa shape index (κ2) is 7.47.